The van der Waals surface area contributed by atoms with Gasteiger partial charge >= 0.3 is 0 Å². The molecule has 3 aromatic carbocycles. The highest BCUT2D eigenvalue weighted by Crippen LogP contribution is 2.28. The van der Waals surface area contributed by atoms with Crippen molar-refractivity contribution in [3.8, 4) is 17.1 Å². The second kappa shape index (κ2) is 11.1. The smallest absolute Gasteiger partial charge is 0.255 e. The van der Waals surface area contributed by atoms with Gasteiger partial charge in [-0.1, -0.05) is 35.5 Å². The van der Waals surface area contributed by atoms with E-state index in [2.05, 4.69) is 15.5 Å². The lowest BCUT2D eigenvalue weighted by Gasteiger charge is -2.31. The van der Waals surface area contributed by atoms with Crippen LogP contribution in [-0.2, 0) is 0 Å². The molecule has 2 heterocycles. The number of nitrogens with one attached hydrogen (secondary N) is 1. The van der Waals surface area contributed by atoms with Crippen LogP contribution in [0.5, 0.6) is 5.75 Å². The van der Waals surface area contributed by atoms with E-state index in [0.717, 1.165) is 24.2 Å². The largest absolute Gasteiger partial charge is 0.494 e. The van der Waals surface area contributed by atoms with Crippen molar-refractivity contribution in [3.05, 3.63) is 95.9 Å². The lowest BCUT2D eigenvalue weighted by atomic mass is 9.97. The number of likely N-dealkylation sites (tertiary alicyclic amines) is 1. The average Bonchev–Trinajstić information content (AvgIpc) is 3.45. The Balaban J connectivity index is 1.22. The quantitative estimate of drug-likeness (QED) is 0.368. The van der Waals surface area contributed by atoms with Gasteiger partial charge in [0.25, 0.3) is 11.8 Å². The average molecular weight is 497 g/mol. The summed E-state index contributed by atoms with van der Waals surface area (Å²) in [6.45, 7) is 3.77. The Morgan fingerprint density at radius 1 is 1.00 bits per heavy atom. The van der Waals surface area contributed by atoms with Gasteiger partial charge in [-0.15, -0.1) is 0 Å². The van der Waals surface area contributed by atoms with E-state index >= 15 is 0 Å². The van der Waals surface area contributed by atoms with Crippen molar-refractivity contribution in [2.24, 2.45) is 0 Å². The fraction of sp³-hybridized carbons (Fsp3) is 0.241. The molecule has 2 amide bonds. The van der Waals surface area contributed by atoms with Crippen LogP contribution in [0.15, 0.2) is 83.4 Å². The summed E-state index contributed by atoms with van der Waals surface area (Å²) >= 11 is 0. The van der Waals surface area contributed by atoms with E-state index in [0.29, 0.717) is 48.2 Å². The third-order valence-electron chi connectivity index (χ3n) is 6.35. The summed E-state index contributed by atoms with van der Waals surface area (Å²) in [5.74, 6) is 1.53. The molecular formula is C29H28N4O4. The van der Waals surface area contributed by atoms with Gasteiger partial charge in [0.2, 0.25) is 11.7 Å². The molecule has 1 fully saturated rings. The van der Waals surface area contributed by atoms with Crippen molar-refractivity contribution < 1.29 is 18.8 Å². The monoisotopic (exact) mass is 496 g/mol. The van der Waals surface area contributed by atoms with Crippen LogP contribution in [0.3, 0.4) is 0 Å². The zero-order chi connectivity index (χ0) is 25.6. The first-order valence-electron chi connectivity index (χ1n) is 12.4. The second-order valence-electron chi connectivity index (χ2n) is 8.90. The summed E-state index contributed by atoms with van der Waals surface area (Å²) < 4.78 is 11.0. The van der Waals surface area contributed by atoms with Crippen LogP contribution < -0.4 is 10.1 Å². The molecule has 8 nitrogen and oxygen atoms in total. The molecule has 4 aromatic rings. The Bertz CT molecular complexity index is 1350. The van der Waals surface area contributed by atoms with E-state index < -0.39 is 0 Å². The molecule has 1 saturated heterocycles. The van der Waals surface area contributed by atoms with E-state index in [-0.39, 0.29) is 17.7 Å². The number of nitrogens with zero attached hydrogens (tertiary/aromatic N) is 3. The first-order chi connectivity index (χ1) is 18.1. The number of aromatic nitrogens is 2. The van der Waals surface area contributed by atoms with Crippen LogP contribution in [0.2, 0.25) is 0 Å². The van der Waals surface area contributed by atoms with Gasteiger partial charge in [0, 0.05) is 35.5 Å². The Labute approximate surface area is 215 Å². The third-order valence-corrected chi connectivity index (χ3v) is 6.35. The number of hydrogen-bond donors (Lipinski definition) is 1. The van der Waals surface area contributed by atoms with Gasteiger partial charge in [-0.2, -0.15) is 4.98 Å². The first-order valence-corrected chi connectivity index (χ1v) is 12.4. The summed E-state index contributed by atoms with van der Waals surface area (Å²) in [6, 6.07) is 23.6. The number of benzene rings is 3. The topological polar surface area (TPSA) is 97.6 Å². The van der Waals surface area contributed by atoms with Gasteiger partial charge in [-0.25, -0.2) is 0 Å². The summed E-state index contributed by atoms with van der Waals surface area (Å²) in [6.07, 6.45) is 1.75. The zero-order valence-corrected chi connectivity index (χ0v) is 20.6. The molecule has 5 rings (SSSR count). The first kappa shape index (κ1) is 24.2. The molecule has 0 aliphatic carbocycles. The highest BCUT2D eigenvalue weighted by Gasteiger charge is 2.29. The molecule has 1 N–H and O–H groups in total. The molecule has 0 spiro atoms. The van der Waals surface area contributed by atoms with Crippen molar-refractivity contribution in [2.75, 3.05) is 25.0 Å². The summed E-state index contributed by atoms with van der Waals surface area (Å²) in [4.78, 5) is 32.0. The molecule has 1 aliphatic heterocycles. The molecule has 0 bridgehead atoms. The van der Waals surface area contributed by atoms with Crippen molar-refractivity contribution in [2.45, 2.75) is 25.7 Å². The van der Waals surface area contributed by atoms with E-state index in [1.807, 2.05) is 54.3 Å². The molecule has 0 saturated carbocycles. The maximum Gasteiger partial charge on any atom is 0.255 e. The van der Waals surface area contributed by atoms with Crippen molar-refractivity contribution >= 4 is 17.5 Å². The van der Waals surface area contributed by atoms with Gasteiger partial charge in [0.15, 0.2) is 0 Å². The highest BCUT2D eigenvalue weighted by molar-refractivity contribution is 6.04. The lowest BCUT2D eigenvalue weighted by Crippen LogP contribution is -2.39. The van der Waals surface area contributed by atoms with Crippen molar-refractivity contribution in [3.63, 3.8) is 0 Å². The van der Waals surface area contributed by atoms with Gasteiger partial charge in [-0.05, 0) is 68.3 Å². The maximum absolute atomic E-state index is 12.9. The zero-order valence-electron chi connectivity index (χ0n) is 20.6. The Morgan fingerprint density at radius 3 is 2.49 bits per heavy atom. The molecule has 1 atom stereocenters. The summed E-state index contributed by atoms with van der Waals surface area (Å²) in [5.41, 5.74) is 2.64. The van der Waals surface area contributed by atoms with E-state index in [9.17, 15) is 9.59 Å². The minimum Gasteiger partial charge on any atom is -0.494 e. The minimum atomic E-state index is -0.213. The molecule has 1 aromatic heterocycles. The third kappa shape index (κ3) is 5.69. The van der Waals surface area contributed by atoms with E-state index in [1.165, 1.54) is 0 Å². The van der Waals surface area contributed by atoms with Crippen molar-refractivity contribution in [1.82, 2.24) is 15.0 Å². The van der Waals surface area contributed by atoms with Crippen LogP contribution in [0.25, 0.3) is 11.4 Å². The van der Waals surface area contributed by atoms with Gasteiger partial charge in [0.05, 0.1) is 12.5 Å². The molecule has 188 valence electrons. The number of carbonyl (C=O) groups is 2. The number of rotatable bonds is 7. The predicted octanol–water partition coefficient (Wildman–Crippen LogP) is 5.41. The predicted molar refractivity (Wildman–Crippen MR) is 140 cm³/mol. The van der Waals surface area contributed by atoms with Crippen LogP contribution in [0.4, 0.5) is 5.69 Å². The van der Waals surface area contributed by atoms with Gasteiger partial charge < -0.3 is 19.5 Å². The molecule has 0 radical (unpaired) electrons. The number of anilines is 1. The fourth-order valence-electron chi connectivity index (χ4n) is 4.42. The number of amides is 2. The number of ether oxygens (including phenoxy) is 1. The van der Waals surface area contributed by atoms with E-state index in [4.69, 9.17) is 9.26 Å². The van der Waals surface area contributed by atoms with Gasteiger partial charge in [-0.3, -0.25) is 9.59 Å². The lowest BCUT2D eigenvalue weighted by molar-refractivity contribution is 0.0695. The van der Waals surface area contributed by atoms with Crippen LogP contribution in [0, 0.1) is 0 Å². The summed E-state index contributed by atoms with van der Waals surface area (Å²) in [7, 11) is 0. The maximum atomic E-state index is 12.9. The summed E-state index contributed by atoms with van der Waals surface area (Å²) in [5, 5.41) is 7.04. The minimum absolute atomic E-state index is 0.0122. The SMILES string of the molecule is CCOc1ccc(NC(=O)c2ccc(-c3noc([C@H]4CCCN(C(=O)c5ccccc5)C4)n3)cc2)cc1. The fourth-order valence-corrected chi connectivity index (χ4v) is 4.42. The standard InChI is InChI=1S/C29H28N4O4/c1-2-36-25-16-14-24(15-17-25)30-27(34)21-12-10-20(11-13-21)26-31-28(37-32-26)23-9-6-18-33(19-23)29(35)22-7-4-3-5-8-22/h3-5,7-8,10-17,23H,2,6,9,18-19H2,1H3,(H,30,34)/t23-/m0/s1. The Morgan fingerprint density at radius 2 is 1.76 bits per heavy atom. The molecule has 1 aliphatic rings. The number of piperidine rings is 1. The van der Waals surface area contributed by atoms with Crippen molar-refractivity contribution in [1.29, 1.82) is 0 Å². The second-order valence-corrected chi connectivity index (χ2v) is 8.90. The Hall–Kier alpha value is -4.46. The van der Waals surface area contributed by atoms with E-state index in [1.54, 1.807) is 36.4 Å². The number of carbonyl (C=O) groups excluding carboxylic acids is 2. The Kier molecular flexibility index (Phi) is 7.26. The highest BCUT2D eigenvalue weighted by atomic mass is 16.5. The molecular weight excluding hydrogens is 468 g/mol. The number of hydrogen-bond acceptors (Lipinski definition) is 6. The molecule has 8 heteroatoms. The normalized spacial score (nSPS) is 15.3. The van der Waals surface area contributed by atoms with Crippen LogP contribution >= 0.6 is 0 Å². The van der Waals surface area contributed by atoms with Gasteiger partial charge in [0.1, 0.15) is 5.75 Å². The van der Waals surface area contributed by atoms with Crippen LogP contribution in [0.1, 0.15) is 52.3 Å². The molecule has 37 heavy (non-hydrogen) atoms. The molecule has 0 unspecified atom stereocenters. The van der Waals surface area contributed by atoms with Crippen LogP contribution in [-0.4, -0.2) is 46.6 Å².